The molecule has 2 aromatic rings. The van der Waals surface area contributed by atoms with E-state index < -0.39 is 28.5 Å². The van der Waals surface area contributed by atoms with Gasteiger partial charge in [-0.25, -0.2) is 8.42 Å². The Kier molecular flexibility index (Phi) is 8.65. The minimum absolute atomic E-state index is 0.0870. The van der Waals surface area contributed by atoms with Gasteiger partial charge in [0.2, 0.25) is 21.8 Å². The van der Waals surface area contributed by atoms with Crippen molar-refractivity contribution in [2.75, 3.05) is 37.4 Å². The minimum Gasteiger partial charge on any atom is -0.497 e. The highest BCUT2D eigenvalue weighted by molar-refractivity contribution is 7.92. The summed E-state index contributed by atoms with van der Waals surface area (Å²) in [4.78, 5) is 28.3. The van der Waals surface area contributed by atoms with Crippen molar-refractivity contribution in [1.82, 2.24) is 10.2 Å². The molecule has 1 atom stereocenters. The van der Waals surface area contributed by atoms with Gasteiger partial charge < -0.3 is 24.4 Å². The Balaban J connectivity index is 1.61. The van der Waals surface area contributed by atoms with Crippen LogP contribution in [0.1, 0.15) is 38.2 Å². The number of hydrogen-bond acceptors (Lipinski definition) is 7. The number of hydrogen-bond donors (Lipinski definition) is 1. The number of benzene rings is 2. The topological polar surface area (TPSA) is 114 Å². The standard InChI is InChI=1S/C27H35N3O7S/c1-19(27(32)28-21-8-4-5-9-21)29(17-20-7-6-10-23(15-20)35-2)26(31)18-30(38(3,33)34)22-11-12-24-25(16-22)37-14-13-36-24/h6-7,10-12,15-16,19,21H,4-5,8-9,13-14,17-18H2,1-3H3,(H,28,32)/t19-/m1/s1. The van der Waals surface area contributed by atoms with E-state index in [0.29, 0.717) is 30.5 Å². The molecule has 2 aromatic carbocycles. The monoisotopic (exact) mass is 545 g/mol. The lowest BCUT2D eigenvalue weighted by Gasteiger charge is -2.32. The number of sulfonamides is 1. The predicted molar refractivity (Wildman–Crippen MR) is 143 cm³/mol. The van der Waals surface area contributed by atoms with Gasteiger partial charge in [0.05, 0.1) is 19.1 Å². The number of carbonyl (C=O) groups excluding carboxylic acids is 2. The molecule has 0 radical (unpaired) electrons. The first-order chi connectivity index (χ1) is 18.2. The van der Waals surface area contributed by atoms with Gasteiger partial charge in [0.1, 0.15) is 31.5 Å². The van der Waals surface area contributed by atoms with E-state index in [-0.39, 0.29) is 24.2 Å². The van der Waals surface area contributed by atoms with Crippen LogP contribution in [0.4, 0.5) is 5.69 Å². The van der Waals surface area contributed by atoms with Gasteiger partial charge in [-0.1, -0.05) is 25.0 Å². The third kappa shape index (κ3) is 6.69. The molecule has 1 fully saturated rings. The van der Waals surface area contributed by atoms with Gasteiger partial charge in [-0.2, -0.15) is 0 Å². The Morgan fingerprint density at radius 3 is 2.47 bits per heavy atom. The molecule has 1 aliphatic heterocycles. The van der Waals surface area contributed by atoms with E-state index in [0.717, 1.165) is 41.8 Å². The quantitative estimate of drug-likeness (QED) is 0.488. The van der Waals surface area contributed by atoms with Crippen molar-refractivity contribution in [2.45, 2.75) is 51.2 Å². The van der Waals surface area contributed by atoms with Crippen molar-refractivity contribution >= 4 is 27.5 Å². The molecule has 1 N–H and O–H groups in total. The van der Waals surface area contributed by atoms with Crippen LogP contribution < -0.4 is 23.8 Å². The fraction of sp³-hybridized carbons (Fsp3) is 0.481. The van der Waals surface area contributed by atoms with Gasteiger partial charge in [0, 0.05) is 18.7 Å². The van der Waals surface area contributed by atoms with Crippen molar-refractivity contribution in [1.29, 1.82) is 0 Å². The van der Waals surface area contributed by atoms with Gasteiger partial charge in [-0.05, 0) is 49.6 Å². The zero-order valence-electron chi connectivity index (χ0n) is 22.0. The Morgan fingerprint density at radius 1 is 1.08 bits per heavy atom. The van der Waals surface area contributed by atoms with Crippen molar-refractivity contribution in [3.63, 3.8) is 0 Å². The van der Waals surface area contributed by atoms with Crippen LogP contribution in [-0.4, -0.2) is 70.3 Å². The number of fused-ring (bicyclic) bond motifs is 1. The van der Waals surface area contributed by atoms with Crippen molar-refractivity contribution in [3.8, 4) is 17.2 Å². The summed E-state index contributed by atoms with van der Waals surface area (Å²) in [6, 6.07) is 11.2. The lowest BCUT2D eigenvalue weighted by molar-refractivity contribution is -0.139. The van der Waals surface area contributed by atoms with E-state index in [2.05, 4.69) is 5.32 Å². The average Bonchev–Trinajstić information content (AvgIpc) is 3.42. The first-order valence-electron chi connectivity index (χ1n) is 12.8. The van der Waals surface area contributed by atoms with Crippen LogP contribution >= 0.6 is 0 Å². The summed E-state index contributed by atoms with van der Waals surface area (Å²) in [6.07, 6.45) is 4.98. The summed E-state index contributed by atoms with van der Waals surface area (Å²) in [5.74, 6) is 0.761. The molecule has 1 aliphatic carbocycles. The van der Waals surface area contributed by atoms with Gasteiger partial charge in [0.25, 0.3) is 0 Å². The molecule has 2 amide bonds. The van der Waals surface area contributed by atoms with E-state index >= 15 is 0 Å². The third-order valence-corrected chi connectivity index (χ3v) is 7.99. The molecule has 38 heavy (non-hydrogen) atoms. The summed E-state index contributed by atoms with van der Waals surface area (Å²) in [5, 5.41) is 3.05. The van der Waals surface area contributed by atoms with Crippen molar-refractivity contribution in [3.05, 3.63) is 48.0 Å². The number of carbonyl (C=O) groups is 2. The van der Waals surface area contributed by atoms with Crippen LogP contribution in [-0.2, 0) is 26.2 Å². The van der Waals surface area contributed by atoms with Crippen LogP contribution in [0, 0.1) is 0 Å². The van der Waals surface area contributed by atoms with E-state index in [9.17, 15) is 18.0 Å². The maximum Gasteiger partial charge on any atom is 0.244 e. The summed E-state index contributed by atoms with van der Waals surface area (Å²) in [5.41, 5.74) is 1.03. The molecule has 0 bridgehead atoms. The molecule has 1 saturated carbocycles. The van der Waals surface area contributed by atoms with Crippen LogP contribution in [0.3, 0.4) is 0 Å². The SMILES string of the molecule is COc1cccc(CN(C(=O)CN(c2ccc3c(c2)OCCO3)S(C)(=O)=O)[C@H](C)C(=O)NC2CCCC2)c1. The lowest BCUT2D eigenvalue weighted by atomic mass is 10.1. The Hall–Kier alpha value is -3.47. The molecule has 0 spiro atoms. The Labute approximate surface area is 223 Å². The van der Waals surface area contributed by atoms with E-state index in [1.165, 1.54) is 4.90 Å². The van der Waals surface area contributed by atoms with Crippen LogP contribution in [0.5, 0.6) is 17.2 Å². The molecule has 2 aliphatic rings. The largest absolute Gasteiger partial charge is 0.497 e. The normalized spacial score (nSPS) is 16.0. The second kappa shape index (κ2) is 11.9. The number of anilines is 1. The molecule has 10 nitrogen and oxygen atoms in total. The fourth-order valence-electron chi connectivity index (χ4n) is 4.74. The lowest BCUT2D eigenvalue weighted by Crippen LogP contribution is -2.52. The number of ether oxygens (including phenoxy) is 3. The average molecular weight is 546 g/mol. The first kappa shape index (κ1) is 27.6. The molecular formula is C27H35N3O7S. The van der Waals surface area contributed by atoms with Gasteiger partial charge >= 0.3 is 0 Å². The second-order valence-corrected chi connectivity index (χ2v) is 11.5. The van der Waals surface area contributed by atoms with E-state index in [1.54, 1.807) is 50.4 Å². The van der Waals surface area contributed by atoms with Crippen molar-refractivity contribution in [2.24, 2.45) is 0 Å². The summed E-state index contributed by atoms with van der Waals surface area (Å²) in [7, 11) is -2.30. The summed E-state index contributed by atoms with van der Waals surface area (Å²) < 4.78 is 43.1. The Bertz CT molecular complexity index is 1260. The highest BCUT2D eigenvalue weighted by atomic mass is 32.2. The molecular weight excluding hydrogens is 510 g/mol. The second-order valence-electron chi connectivity index (χ2n) is 9.64. The first-order valence-corrected chi connectivity index (χ1v) is 14.6. The molecule has 206 valence electrons. The molecule has 0 aromatic heterocycles. The summed E-state index contributed by atoms with van der Waals surface area (Å²) >= 11 is 0. The zero-order chi connectivity index (χ0) is 27.3. The van der Waals surface area contributed by atoms with Crippen LogP contribution in [0.2, 0.25) is 0 Å². The molecule has 0 saturated heterocycles. The minimum atomic E-state index is -3.85. The highest BCUT2D eigenvalue weighted by Crippen LogP contribution is 2.34. The number of nitrogens with zero attached hydrogens (tertiary/aromatic N) is 2. The third-order valence-electron chi connectivity index (χ3n) is 6.85. The molecule has 4 rings (SSSR count). The Morgan fingerprint density at radius 2 is 1.79 bits per heavy atom. The molecule has 0 unspecified atom stereocenters. The number of rotatable bonds is 10. The van der Waals surface area contributed by atoms with Crippen molar-refractivity contribution < 1.29 is 32.2 Å². The van der Waals surface area contributed by atoms with Gasteiger partial charge in [-0.15, -0.1) is 0 Å². The number of nitrogens with one attached hydrogen (secondary N) is 1. The van der Waals surface area contributed by atoms with E-state index in [1.807, 2.05) is 6.07 Å². The fourth-order valence-corrected chi connectivity index (χ4v) is 5.58. The van der Waals surface area contributed by atoms with E-state index in [4.69, 9.17) is 14.2 Å². The molecule has 11 heteroatoms. The number of methoxy groups -OCH3 is 1. The van der Waals surface area contributed by atoms with Crippen LogP contribution in [0.25, 0.3) is 0 Å². The van der Waals surface area contributed by atoms with Gasteiger partial charge in [0.15, 0.2) is 11.5 Å². The summed E-state index contributed by atoms with van der Waals surface area (Å²) in [6.45, 7) is 2.03. The highest BCUT2D eigenvalue weighted by Gasteiger charge is 2.32. The maximum atomic E-state index is 13.8. The number of amides is 2. The van der Waals surface area contributed by atoms with Crippen LogP contribution in [0.15, 0.2) is 42.5 Å². The smallest absolute Gasteiger partial charge is 0.244 e. The predicted octanol–water partition coefficient (Wildman–Crippen LogP) is 2.71. The molecule has 1 heterocycles. The zero-order valence-corrected chi connectivity index (χ0v) is 22.8. The van der Waals surface area contributed by atoms with Gasteiger partial charge in [-0.3, -0.25) is 13.9 Å². The maximum absolute atomic E-state index is 13.8.